The van der Waals surface area contributed by atoms with E-state index in [1.807, 2.05) is 73.0 Å². The number of amides is 1. The Morgan fingerprint density at radius 1 is 0.971 bits per heavy atom. The van der Waals surface area contributed by atoms with Crippen LogP contribution in [0, 0.1) is 26.6 Å². The van der Waals surface area contributed by atoms with Gasteiger partial charge in [0, 0.05) is 34.8 Å². The average molecular weight is 451 g/mol. The minimum absolute atomic E-state index is 0.181. The fourth-order valence-corrected chi connectivity index (χ4v) is 4.05. The van der Waals surface area contributed by atoms with Crippen molar-refractivity contribution in [3.05, 3.63) is 107 Å². The van der Waals surface area contributed by atoms with Gasteiger partial charge in [0.15, 0.2) is 0 Å². The highest BCUT2D eigenvalue weighted by atomic mass is 19.1. The molecule has 1 amide bonds. The van der Waals surface area contributed by atoms with E-state index in [1.54, 1.807) is 25.4 Å². The number of halogens is 1. The number of imidazole rings is 1. The van der Waals surface area contributed by atoms with Crippen LogP contribution in [0.25, 0.3) is 28.2 Å². The van der Waals surface area contributed by atoms with Crippen molar-refractivity contribution in [1.29, 1.82) is 0 Å². The third-order valence-corrected chi connectivity index (χ3v) is 6.03. The van der Waals surface area contributed by atoms with Crippen molar-refractivity contribution in [3.8, 4) is 22.6 Å². The van der Waals surface area contributed by atoms with Crippen LogP contribution in [0.1, 0.15) is 27.0 Å². The lowest BCUT2D eigenvalue weighted by Gasteiger charge is -2.11. The molecule has 5 aromatic rings. The van der Waals surface area contributed by atoms with Crippen molar-refractivity contribution in [2.45, 2.75) is 20.8 Å². The number of anilines is 1. The van der Waals surface area contributed by atoms with Crippen molar-refractivity contribution >= 4 is 17.1 Å². The van der Waals surface area contributed by atoms with Crippen LogP contribution in [0.5, 0.6) is 0 Å². The van der Waals surface area contributed by atoms with E-state index < -0.39 is 0 Å². The molecule has 0 aliphatic rings. The number of aryl methyl sites for hydroxylation is 2. The quantitative estimate of drug-likeness (QED) is 0.346. The van der Waals surface area contributed by atoms with Crippen LogP contribution in [-0.2, 0) is 0 Å². The zero-order valence-electron chi connectivity index (χ0n) is 19.1. The molecule has 0 saturated heterocycles. The molecule has 34 heavy (non-hydrogen) atoms. The lowest BCUT2D eigenvalue weighted by atomic mass is 10.0. The molecule has 0 spiro atoms. The molecule has 2 aromatic heterocycles. The zero-order chi connectivity index (χ0) is 23.8. The maximum atomic E-state index is 14.2. The average Bonchev–Trinajstić information content (AvgIpc) is 3.27. The van der Waals surface area contributed by atoms with E-state index in [0.29, 0.717) is 22.6 Å². The highest BCUT2D eigenvalue weighted by Crippen LogP contribution is 2.30. The van der Waals surface area contributed by atoms with E-state index in [1.165, 1.54) is 6.07 Å². The first-order valence-electron chi connectivity index (χ1n) is 11.0. The number of nitrogens with zero attached hydrogens (tertiary/aromatic N) is 3. The summed E-state index contributed by atoms with van der Waals surface area (Å²) in [5.74, 6) is 0.186. The molecule has 1 N–H and O–H groups in total. The number of hydrogen-bond acceptors (Lipinski definition) is 3. The molecule has 0 radical (unpaired) electrons. The molecule has 2 heterocycles. The summed E-state index contributed by atoms with van der Waals surface area (Å²) in [6, 6.07) is 18.4. The van der Waals surface area contributed by atoms with E-state index in [9.17, 15) is 9.18 Å². The van der Waals surface area contributed by atoms with Crippen molar-refractivity contribution < 1.29 is 9.18 Å². The number of carbonyl (C=O) groups excluding carboxylic acids is 1. The van der Waals surface area contributed by atoms with Gasteiger partial charge in [0.1, 0.15) is 11.6 Å². The van der Waals surface area contributed by atoms with Crippen molar-refractivity contribution in [3.63, 3.8) is 0 Å². The van der Waals surface area contributed by atoms with Gasteiger partial charge in [-0.1, -0.05) is 42.0 Å². The Kier molecular flexibility index (Phi) is 5.42. The second kappa shape index (κ2) is 8.56. The number of aromatic nitrogens is 3. The van der Waals surface area contributed by atoms with Crippen molar-refractivity contribution in [2.75, 3.05) is 5.32 Å². The van der Waals surface area contributed by atoms with E-state index in [4.69, 9.17) is 0 Å². The first-order chi connectivity index (χ1) is 16.4. The van der Waals surface area contributed by atoms with Crippen LogP contribution in [0.4, 0.5) is 10.1 Å². The van der Waals surface area contributed by atoms with Crippen LogP contribution in [0.2, 0.25) is 0 Å². The third kappa shape index (κ3) is 3.83. The predicted molar refractivity (Wildman–Crippen MR) is 132 cm³/mol. The molecule has 0 fully saturated rings. The Balaban J connectivity index is 1.55. The minimum Gasteiger partial charge on any atom is -0.322 e. The molecule has 168 valence electrons. The highest BCUT2D eigenvalue weighted by molar-refractivity contribution is 6.06. The molecule has 0 bridgehead atoms. The lowest BCUT2D eigenvalue weighted by Crippen LogP contribution is -2.13. The highest BCUT2D eigenvalue weighted by Gasteiger charge is 2.17. The smallest absolute Gasteiger partial charge is 0.255 e. The minimum atomic E-state index is -0.272. The maximum Gasteiger partial charge on any atom is 0.255 e. The molecule has 0 atom stereocenters. The van der Waals surface area contributed by atoms with Gasteiger partial charge in [0.25, 0.3) is 5.91 Å². The van der Waals surface area contributed by atoms with Gasteiger partial charge in [-0.15, -0.1) is 0 Å². The summed E-state index contributed by atoms with van der Waals surface area (Å²) in [5.41, 5.74) is 6.84. The maximum absolute atomic E-state index is 14.2. The molecule has 6 heteroatoms. The first kappa shape index (κ1) is 21.5. The van der Waals surface area contributed by atoms with Gasteiger partial charge in [0.2, 0.25) is 0 Å². The van der Waals surface area contributed by atoms with E-state index in [0.717, 1.165) is 33.5 Å². The summed E-state index contributed by atoms with van der Waals surface area (Å²) < 4.78 is 16.1. The summed E-state index contributed by atoms with van der Waals surface area (Å²) in [4.78, 5) is 22.2. The zero-order valence-corrected chi connectivity index (χ0v) is 19.1. The van der Waals surface area contributed by atoms with Gasteiger partial charge in [-0.05, 0) is 56.2 Å². The summed E-state index contributed by atoms with van der Waals surface area (Å²) in [5, 5.41) is 2.97. The molecule has 0 aliphatic carbocycles. The summed E-state index contributed by atoms with van der Waals surface area (Å²) in [6.45, 7) is 5.66. The Labute approximate surface area is 196 Å². The Morgan fingerprint density at radius 2 is 1.76 bits per heavy atom. The number of carbonyl (C=O) groups is 1. The largest absolute Gasteiger partial charge is 0.322 e. The fourth-order valence-electron chi connectivity index (χ4n) is 4.05. The monoisotopic (exact) mass is 450 g/mol. The topological polar surface area (TPSA) is 59.3 Å². The Morgan fingerprint density at radius 3 is 2.56 bits per heavy atom. The normalized spacial score (nSPS) is 11.1. The van der Waals surface area contributed by atoms with Crippen LogP contribution in [0.15, 0.2) is 79.3 Å². The van der Waals surface area contributed by atoms with E-state index >= 15 is 0 Å². The molecular weight excluding hydrogens is 427 g/mol. The predicted octanol–water partition coefficient (Wildman–Crippen LogP) is 6.38. The molecular formula is C28H23FN4O. The van der Waals surface area contributed by atoms with Crippen molar-refractivity contribution in [2.24, 2.45) is 0 Å². The number of benzene rings is 3. The summed E-state index contributed by atoms with van der Waals surface area (Å²) in [6.07, 6.45) is 5.23. The van der Waals surface area contributed by atoms with Gasteiger partial charge in [-0.2, -0.15) is 0 Å². The molecule has 5 nitrogen and oxygen atoms in total. The number of hydrogen-bond donors (Lipinski definition) is 1. The Hall–Kier alpha value is -4.32. The van der Waals surface area contributed by atoms with Crippen LogP contribution < -0.4 is 5.32 Å². The second-order valence-electron chi connectivity index (χ2n) is 8.38. The van der Waals surface area contributed by atoms with Crippen LogP contribution in [0.3, 0.4) is 0 Å². The van der Waals surface area contributed by atoms with E-state index in [-0.39, 0.29) is 11.7 Å². The summed E-state index contributed by atoms with van der Waals surface area (Å²) >= 11 is 0. The SMILES string of the molecule is Cc1ccc(NC(=O)c2cc(-c3nccn4c(-c5cccc(F)c5C)ncc34)ccc2C)cc1. The lowest BCUT2D eigenvalue weighted by molar-refractivity contribution is 0.102. The van der Waals surface area contributed by atoms with E-state index in [2.05, 4.69) is 15.3 Å². The Bertz CT molecular complexity index is 1540. The first-order valence-corrected chi connectivity index (χ1v) is 11.0. The molecule has 5 rings (SSSR count). The van der Waals surface area contributed by atoms with Crippen LogP contribution in [-0.4, -0.2) is 20.3 Å². The number of fused-ring (bicyclic) bond motifs is 1. The number of rotatable bonds is 4. The molecule has 3 aromatic carbocycles. The standard InChI is InChI=1S/C28H23FN4O/c1-17-7-11-21(12-8-17)32-28(34)23-15-20(10-9-18(23)2)26-25-16-31-27(33(25)14-13-30-26)22-5-4-6-24(29)19(22)3/h4-16H,1-3H3,(H,32,34). The van der Waals surface area contributed by atoms with Gasteiger partial charge in [-0.25, -0.2) is 9.37 Å². The molecule has 0 aliphatic heterocycles. The van der Waals surface area contributed by atoms with Crippen LogP contribution >= 0.6 is 0 Å². The summed E-state index contributed by atoms with van der Waals surface area (Å²) in [7, 11) is 0. The van der Waals surface area contributed by atoms with Gasteiger partial charge in [-0.3, -0.25) is 14.2 Å². The van der Waals surface area contributed by atoms with Crippen molar-refractivity contribution in [1.82, 2.24) is 14.4 Å². The number of nitrogens with one attached hydrogen (secondary N) is 1. The third-order valence-electron chi connectivity index (χ3n) is 6.03. The van der Waals surface area contributed by atoms with Gasteiger partial charge < -0.3 is 5.32 Å². The second-order valence-corrected chi connectivity index (χ2v) is 8.38. The fraction of sp³-hybridized carbons (Fsp3) is 0.107. The molecule has 0 unspecified atom stereocenters. The van der Waals surface area contributed by atoms with Gasteiger partial charge >= 0.3 is 0 Å². The van der Waals surface area contributed by atoms with Gasteiger partial charge in [0.05, 0.1) is 17.4 Å². The molecule has 0 saturated carbocycles.